The zero-order chi connectivity index (χ0) is 22.4. The topological polar surface area (TPSA) is 107 Å². The molecule has 0 heterocycles. The van der Waals surface area contributed by atoms with Crippen LogP contribution in [0.3, 0.4) is 0 Å². The quantitative estimate of drug-likeness (QED) is 0.0881. The molecule has 0 rings (SSSR count). The van der Waals surface area contributed by atoms with Crippen molar-refractivity contribution in [3.63, 3.8) is 0 Å². The minimum atomic E-state index is -1.49. The van der Waals surface area contributed by atoms with Gasteiger partial charge in [-0.2, -0.15) is 0 Å². The Hall–Kier alpha value is -2.43. The van der Waals surface area contributed by atoms with Crippen LogP contribution in [-0.4, -0.2) is 57.4 Å². The van der Waals surface area contributed by atoms with Crippen LogP contribution < -0.4 is 0 Å². The van der Waals surface area contributed by atoms with E-state index in [-0.39, 0.29) is 30.6 Å². The predicted octanol–water partition coefficient (Wildman–Crippen LogP) is 1.97. The Morgan fingerprint density at radius 2 is 1.83 bits per heavy atom. The van der Waals surface area contributed by atoms with Gasteiger partial charge >= 0.3 is 5.97 Å². The van der Waals surface area contributed by atoms with Gasteiger partial charge in [0.05, 0.1) is 12.7 Å². The molecule has 0 aliphatic rings. The summed E-state index contributed by atoms with van der Waals surface area (Å²) < 4.78 is 5.00. The fourth-order valence-corrected chi connectivity index (χ4v) is 2.29. The molecule has 0 aromatic rings. The highest BCUT2D eigenvalue weighted by Gasteiger charge is 2.28. The van der Waals surface area contributed by atoms with Gasteiger partial charge in [-0.15, -0.1) is 18.9 Å². The highest BCUT2D eigenvalue weighted by atomic mass is 16.5. The van der Waals surface area contributed by atoms with E-state index in [1.165, 1.54) is 12.2 Å². The van der Waals surface area contributed by atoms with E-state index >= 15 is 0 Å². The molecular formula is C23H32O6. The Morgan fingerprint density at radius 1 is 1.17 bits per heavy atom. The number of esters is 1. The average Bonchev–Trinajstić information content (AvgIpc) is 2.68. The molecule has 0 amide bonds. The molecule has 0 aromatic carbocycles. The van der Waals surface area contributed by atoms with Gasteiger partial charge in [-0.1, -0.05) is 31.4 Å². The fourth-order valence-electron chi connectivity index (χ4n) is 2.29. The Labute approximate surface area is 173 Å². The second-order valence-corrected chi connectivity index (χ2v) is 6.63. The number of aliphatic hydroxyl groups excluding tert-OH is 4. The average molecular weight is 405 g/mol. The highest BCUT2D eigenvalue weighted by molar-refractivity contribution is 5.83. The summed E-state index contributed by atoms with van der Waals surface area (Å²) in [6, 6.07) is 0. The maximum Gasteiger partial charge on any atom is 0.331 e. The molecule has 0 saturated heterocycles. The van der Waals surface area contributed by atoms with Gasteiger partial charge in [0.25, 0.3) is 0 Å². The molecule has 0 unspecified atom stereocenters. The van der Waals surface area contributed by atoms with E-state index in [1.54, 1.807) is 19.1 Å². The Morgan fingerprint density at radius 3 is 2.41 bits per heavy atom. The minimum absolute atomic E-state index is 0.111. The van der Waals surface area contributed by atoms with Crippen LogP contribution in [0.25, 0.3) is 0 Å². The number of ether oxygens (including phenoxy) is 1. The van der Waals surface area contributed by atoms with Crippen molar-refractivity contribution in [2.45, 2.75) is 57.0 Å². The molecule has 0 aliphatic carbocycles. The Balaban J connectivity index is 4.61. The van der Waals surface area contributed by atoms with E-state index in [1.807, 2.05) is 0 Å². The van der Waals surface area contributed by atoms with E-state index in [4.69, 9.17) is 11.2 Å². The summed E-state index contributed by atoms with van der Waals surface area (Å²) in [6.45, 7) is 12.7. The van der Waals surface area contributed by atoms with E-state index in [0.29, 0.717) is 18.4 Å². The molecular weight excluding hydrogens is 372 g/mol. The molecule has 0 fully saturated rings. The summed E-state index contributed by atoms with van der Waals surface area (Å²) in [6.07, 6.45) is 7.26. The third-order valence-electron chi connectivity index (χ3n) is 4.07. The van der Waals surface area contributed by atoms with Gasteiger partial charge in [0.2, 0.25) is 0 Å². The van der Waals surface area contributed by atoms with Crippen LogP contribution >= 0.6 is 0 Å². The number of unbranched alkanes of at least 4 members (excludes halogenated alkanes) is 1. The molecule has 160 valence electrons. The van der Waals surface area contributed by atoms with Gasteiger partial charge in [-0.3, -0.25) is 0 Å². The summed E-state index contributed by atoms with van der Waals surface area (Å²) in [5.41, 5.74) is 0.813. The molecule has 0 aliphatic heterocycles. The third kappa shape index (κ3) is 10.6. The zero-order valence-corrected chi connectivity index (χ0v) is 17.0. The van der Waals surface area contributed by atoms with Crippen LogP contribution in [0.2, 0.25) is 0 Å². The second kappa shape index (κ2) is 14.6. The van der Waals surface area contributed by atoms with Crippen LogP contribution in [0.4, 0.5) is 0 Å². The van der Waals surface area contributed by atoms with Crippen molar-refractivity contribution in [3.05, 3.63) is 60.8 Å². The maximum absolute atomic E-state index is 11.6. The van der Waals surface area contributed by atoms with Crippen molar-refractivity contribution in [1.29, 1.82) is 0 Å². The largest absolute Gasteiger partial charge is 0.462 e. The monoisotopic (exact) mass is 404 g/mol. The first-order valence-electron chi connectivity index (χ1n) is 9.30. The summed E-state index contributed by atoms with van der Waals surface area (Å²) >= 11 is 0. The number of hydrogen-bond donors (Lipinski definition) is 4. The van der Waals surface area contributed by atoms with Crippen LogP contribution in [-0.2, 0) is 9.53 Å². The van der Waals surface area contributed by atoms with Crippen LogP contribution in [0.1, 0.15) is 32.6 Å². The van der Waals surface area contributed by atoms with E-state index in [2.05, 4.69) is 25.7 Å². The molecule has 0 aromatic heterocycles. The lowest BCUT2D eigenvalue weighted by Gasteiger charge is -2.26. The number of allylic oxidation sites excluding steroid dienone is 3. The summed E-state index contributed by atoms with van der Waals surface area (Å²) in [5.74, 6) is 1.99. The molecule has 6 heteroatoms. The first kappa shape index (κ1) is 26.6. The second-order valence-electron chi connectivity index (χ2n) is 6.63. The van der Waals surface area contributed by atoms with Gasteiger partial charge in [0, 0.05) is 12.5 Å². The summed E-state index contributed by atoms with van der Waals surface area (Å²) in [4.78, 5) is 11.6. The molecule has 6 nitrogen and oxygen atoms in total. The lowest BCUT2D eigenvalue weighted by atomic mass is 9.92. The minimum Gasteiger partial charge on any atom is -0.462 e. The van der Waals surface area contributed by atoms with Gasteiger partial charge in [0.15, 0.2) is 0 Å². The van der Waals surface area contributed by atoms with Gasteiger partial charge in [-0.05, 0) is 42.9 Å². The third-order valence-corrected chi connectivity index (χ3v) is 4.07. The van der Waals surface area contributed by atoms with E-state index < -0.39 is 30.4 Å². The number of aliphatic hydroxyl groups is 4. The molecule has 0 saturated carbocycles. The predicted molar refractivity (Wildman–Crippen MR) is 114 cm³/mol. The van der Waals surface area contributed by atoms with Crippen molar-refractivity contribution < 1.29 is 30.0 Å². The van der Waals surface area contributed by atoms with Crippen LogP contribution in [0.15, 0.2) is 60.8 Å². The molecule has 4 atom stereocenters. The van der Waals surface area contributed by atoms with Gasteiger partial charge in [0.1, 0.15) is 18.3 Å². The smallest absolute Gasteiger partial charge is 0.331 e. The lowest BCUT2D eigenvalue weighted by molar-refractivity contribution is -0.137. The molecule has 0 bridgehead atoms. The summed E-state index contributed by atoms with van der Waals surface area (Å²) in [7, 11) is 0. The van der Waals surface area contributed by atoms with Crippen molar-refractivity contribution in [1.82, 2.24) is 0 Å². The SMILES string of the molecule is C#CCCCOC(=O)/C=C(C)/C=C/CC(=C)[C@@H](O)[C@H](O)C(=C)[C@@H](O)[C@H](O)CC=C. The van der Waals surface area contributed by atoms with Crippen LogP contribution in [0, 0.1) is 12.3 Å². The lowest BCUT2D eigenvalue weighted by Crippen LogP contribution is -2.38. The number of terminal acetylenes is 1. The molecule has 0 radical (unpaired) electrons. The molecule has 0 spiro atoms. The van der Waals surface area contributed by atoms with Crippen molar-refractivity contribution in [2.24, 2.45) is 0 Å². The van der Waals surface area contributed by atoms with Gasteiger partial charge in [-0.25, -0.2) is 4.79 Å². The Bertz CT molecular complexity index is 667. The van der Waals surface area contributed by atoms with Crippen LogP contribution in [0.5, 0.6) is 0 Å². The van der Waals surface area contributed by atoms with E-state index in [9.17, 15) is 25.2 Å². The number of hydrogen-bond acceptors (Lipinski definition) is 6. The Kier molecular flexibility index (Phi) is 13.3. The number of carbonyl (C=O) groups is 1. The first-order valence-corrected chi connectivity index (χ1v) is 9.30. The number of carbonyl (C=O) groups excluding carboxylic acids is 1. The van der Waals surface area contributed by atoms with Gasteiger partial charge < -0.3 is 25.2 Å². The highest BCUT2D eigenvalue weighted by Crippen LogP contribution is 2.20. The van der Waals surface area contributed by atoms with Crippen molar-refractivity contribution in [2.75, 3.05) is 6.61 Å². The van der Waals surface area contributed by atoms with Crippen molar-refractivity contribution >= 4 is 5.97 Å². The normalized spacial score (nSPS) is 15.8. The maximum atomic E-state index is 11.6. The van der Waals surface area contributed by atoms with Crippen molar-refractivity contribution in [3.8, 4) is 12.3 Å². The molecule has 29 heavy (non-hydrogen) atoms. The zero-order valence-electron chi connectivity index (χ0n) is 17.0. The molecule has 4 N–H and O–H groups in total. The summed E-state index contributed by atoms with van der Waals surface area (Å²) in [5, 5.41) is 40.1. The standard InChI is InChI=1S/C23H32O6/c1-6-8-9-14-29-20(25)15-16(3)12-10-13-17(4)21(26)23(28)18(5)22(27)19(24)11-7-2/h1,7,10,12,15,19,21-24,26-28H,2,4-5,8-9,11,13-14H2,3H3/b12-10+,16-15+/t19-,21-,22-,23-/m1/s1. The number of rotatable bonds is 14. The van der Waals surface area contributed by atoms with E-state index in [0.717, 1.165) is 0 Å². The fraction of sp³-hybridized carbons (Fsp3) is 0.435. The first-order chi connectivity index (χ1) is 13.6.